The van der Waals surface area contributed by atoms with Crippen LogP contribution in [0.25, 0.3) is 0 Å². The van der Waals surface area contributed by atoms with Crippen LogP contribution in [0.3, 0.4) is 0 Å². The van der Waals surface area contributed by atoms with E-state index in [1.807, 2.05) is 0 Å². The molecule has 1 aromatic carbocycles. The van der Waals surface area contributed by atoms with Gasteiger partial charge in [-0.1, -0.05) is 0 Å². The molecular formula is C14H16F2N2O3. The molecule has 0 aromatic heterocycles. The summed E-state index contributed by atoms with van der Waals surface area (Å²) in [6, 6.07) is 1.62. The number of amides is 1. The second kappa shape index (κ2) is 6.17. The fourth-order valence-electron chi connectivity index (χ4n) is 2.58. The van der Waals surface area contributed by atoms with Gasteiger partial charge in [0, 0.05) is 24.7 Å². The molecule has 2 atom stereocenters. The van der Waals surface area contributed by atoms with Crippen LogP contribution in [-0.4, -0.2) is 41.0 Å². The first-order valence-corrected chi connectivity index (χ1v) is 6.60. The Labute approximate surface area is 120 Å². The van der Waals surface area contributed by atoms with Crippen LogP contribution in [0.1, 0.15) is 24.9 Å². The average Bonchev–Trinajstić information content (AvgIpc) is 2.42. The van der Waals surface area contributed by atoms with Gasteiger partial charge in [0.05, 0.1) is 6.42 Å². The highest BCUT2D eigenvalue weighted by Crippen LogP contribution is 2.27. The number of hydrogen-bond acceptors (Lipinski definition) is 3. The number of aliphatic carboxylic acids is 1. The second-order valence-corrected chi connectivity index (χ2v) is 4.98. The van der Waals surface area contributed by atoms with Crippen LogP contribution < -0.4 is 5.32 Å². The quantitative estimate of drug-likeness (QED) is 0.879. The maximum Gasteiger partial charge on any atom is 0.305 e. The number of nitrogens with zero attached hydrogens (tertiary/aromatic N) is 1. The van der Waals surface area contributed by atoms with E-state index in [4.69, 9.17) is 5.11 Å². The van der Waals surface area contributed by atoms with Gasteiger partial charge in [-0.2, -0.15) is 0 Å². The van der Waals surface area contributed by atoms with Crippen LogP contribution in [0.5, 0.6) is 0 Å². The molecular weight excluding hydrogens is 282 g/mol. The zero-order chi connectivity index (χ0) is 15.6. The Kier molecular flexibility index (Phi) is 4.52. The summed E-state index contributed by atoms with van der Waals surface area (Å²) in [6.45, 7) is 2.35. The van der Waals surface area contributed by atoms with Crippen LogP contribution in [0.4, 0.5) is 8.78 Å². The zero-order valence-corrected chi connectivity index (χ0v) is 11.5. The van der Waals surface area contributed by atoms with Crippen molar-refractivity contribution < 1.29 is 23.5 Å². The Morgan fingerprint density at radius 1 is 1.52 bits per heavy atom. The Bertz CT molecular complexity index is 565. The van der Waals surface area contributed by atoms with Crippen molar-refractivity contribution in [1.82, 2.24) is 10.2 Å². The molecule has 0 radical (unpaired) electrons. The lowest BCUT2D eigenvalue weighted by atomic mass is 10.0. The molecule has 0 saturated carbocycles. The molecule has 1 aromatic rings. The number of carbonyl (C=O) groups is 2. The van der Waals surface area contributed by atoms with E-state index in [0.29, 0.717) is 13.1 Å². The van der Waals surface area contributed by atoms with Crippen molar-refractivity contribution in [2.24, 2.45) is 0 Å². The molecule has 7 heteroatoms. The number of rotatable bonds is 4. The fraction of sp³-hybridized carbons (Fsp3) is 0.429. The van der Waals surface area contributed by atoms with E-state index in [-0.39, 0.29) is 12.0 Å². The molecule has 1 saturated heterocycles. The molecule has 0 spiro atoms. The molecule has 2 N–H and O–H groups in total. The molecule has 0 aliphatic carbocycles. The lowest BCUT2D eigenvalue weighted by Crippen LogP contribution is -2.56. The van der Waals surface area contributed by atoms with Crippen molar-refractivity contribution in [2.45, 2.75) is 25.4 Å². The van der Waals surface area contributed by atoms with Crippen molar-refractivity contribution in [3.8, 4) is 0 Å². The van der Waals surface area contributed by atoms with E-state index in [0.717, 1.165) is 18.2 Å². The largest absolute Gasteiger partial charge is 0.481 e. The van der Waals surface area contributed by atoms with Gasteiger partial charge >= 0.3 is 5.97 Å². The predicted octanol–water partition coefficient (Wildman–Crippen LogP) is 1.30. The summed E-state index contributed by atoms with van der Waals surface area (Å²) in [4.78, 5) is 24.3. The first-order chi connectivity index (χ1) is 9.90. The average molecular weight is 298 g/mol. The number of hydrogen-bond donors (Lipinski definition) is 2. The maximum atomic E-state index is 13.9. The topological polar surface area (TPSA) is 69.6 Å². The minimum Gasteiger partial charge on any atom is -0.481 e. The Balaban J connectivity index is 2.30. The van der Waals surface area contributed by atoms with Crippen molar-refractivity contribution in [3.63, 3.8) is 0 Å². The van der Waals surface area contributed by atoms with Crippen molar-refractivity contribution in [3.05, 3.63) is 35.4 Å². The molecule has 21 heavy (non-hydrogen) atoms. The van der Waals surface area contributed by atoms with Crippen LogP contribution in [0.15, 0.2) is 18.2 Å². The zero-order valence-electron chi connectivity index (χ0n) is 11.5. The normalized spacial score (nSPS) is 20.9. The summed E-state index contributed by atoms with van der Waals surface area (Å²) in [6.07, 6.45) is -0.382. The molecule has 0 bridgehead atoms. The summed E-state index contributed by atoms with van der Waals surface area (Å²) < 4.78 is 27.2. The molecule has 1 fully saturated rings. The first kappa shape index (κ1) is 15.4. The van der Waals surface area contributed by atoms with Crippen molar-refractivity contribution in [1.29, 1.82) is 0 Å². The Morgan fingerprint density at radius 2 is 2.24 bits per heavy atom. The number of piperazine rings is 1. The number of carboxylic acid groups (broad SMARTS) is 1. The molecule has 1 aliphatic heterocycles. The summed E-state index contributed by atoms with van der Waals surface area (Å²) in [7, 11) is 0. The standard InChI is InChI=1S/C14H16F2N2O3/c1-8(10-6-9(15)2-3-11(10)16)18-5-4-17-14(21)12(18)7-13(19)20/h2-3,6,8,12H,4-5,7H2,1H3,(H,17,21)(H,19,20). The minimum atomic E-state index is -1.12. The van der Waals surface area contributed by atoms with Gasteiger partial charge in [0.25, 0.3) is 0 Å². The minimum absolute atomic E-state index is 0.111. The van der Waals surface area contributed by atoms with Gasteiger partial charge < -0.3 is 10.4 Å². The second-order valence-electron chi connectivity index (χ2n) is 4.98. The number of nitrogens with one attached hydrogen (secondary N) is 1. The van der Waals surface area contributed by atoms with Crippen LogP contribution in [-0.2, 0) is 9.59 Å². The third kappa shape index (κ3) is 3.36. The van der Waals surface area contributed by atoms with E-state index < -0.39 is 35.6 Å². The first-order valence-electron chi connectivity index (χ1n) is 6.60. The Hall–Kier alpha value is -2.02. The monoisotopic (exact) mass is 298 g/mol. The fourth-order valence-corrected chi connectivity index (χ4v) is 2.58. The highest BCUT2D eigenvalue weighted by Gasteiger charge is 2.35. The number of halogens is 2. The van der Waals surface area contributed by atoms with Gasteiger partial charge in [-0.05, 0) is 25.1 Å². The third-order valence-corrected chi connectivity index (χ3v) is 3.65. The van der Waals surface area contributed by atoms with Gasteiger partial charge in [0.2, 0.25) is 5.91 Å². The predicted molar refractivity (Wildman–Crippen MR) is 70.5 cm³/mol. The van der Waals surface area contributed by atoms with Crippen LogP contribution in [0.2, 0.25) is 0 Å². The van der Waals surface area contributed by atoms with Crippen LogP contribution >= 0.6 is 0 Å². The van der Waals surface area contributed by atoms with E-state index in [2.05, 4.69) is 5.32 Å². The van der Waals surface area contributed by atoms with Crippen molar-refractivity contribution >= 4 is 11.9 Å². The highest BCUT2D eigenvalue weighted by molar-refractivity contribution is 5.86. The van der Waals surface area contributed by atoms with E-state index in [1.165, 1.54) is 0 Å². The van der Waals surface area contributed by atoms with Crippen LogP contribution in [0, 0.1) is 11.6 Å². The molecule has 2 rings (SSSR count). The summed E-state index contributed by atoms with van der Waals surface area (Å²) >= 11 is 0. The number of carboxylic acids is 1. The lowest BCUT2D eigenvalue weighted by Gasteiger charge is -2.38. The molecule has 5 nitrogen and oxygen atoms in total. The molecule has 1 amide bonds. The summed E-state index contributed by atoms with van der Waals surface area (Å²) in [5, 5.41) is 11.5. The molecule has 1 heterocycles. The molecule has 2 unspecified atom stereocenters. The van der Waals surface area contributed by atoms with E-state index in [1.54, 1.807) is 11.8 Å². The van der Waals surface area contributed by atoms with Gasteiger partial charge in [-0.25, -0.2) is 8.78 Å². The maximum absolute atomic E-state index is 13.9. The molecule has 1 aliphatic rings. The highest BCUT2D eigenvalue weighted by atomic mass is 19.1. The van der Waals surface area contributed by atoms with Gasteiger partial charge in [-0.15, -0.1) is 0 Å². The number of carbonyl (C=O) groups excluding carboxylic acids is 1. The molecule has 114 valence electrons. The number of benzene rings is 1. The Morgan fingerprint density at radius 3 is 2.90 bits per heavy atom. The SMILES string of the molecule is CC(c1cc(F)ccc1F)N1CCNC(=O)C1CC(=O)O. The third-order valence-electron chi connectivity index (χ3n) is 3.65. The smallest absolute Gasteiger partial charge is 0.305 e. The van der Waals surface area contributed by atoms with Crippen molar-refractivity contribution in [2.75, 3.05) is 13.1 Å². The summed E-state index contributed by atoms with van der Waals surface area (Å²) in [5.41, 5.74) is 0.111. The van der Waals surface area contributed by atoms with Gasteiger partial charge in [0.1, 0.15) is 17.7 Å². The summed E-state index contributed by atoms with van der Waals surface area (Å²) in [5.74, 6) is -2.68. The van der Waals surface area contributed by atoms with Gasteiger partial charge in [0.15, 0.2) is 0 Å². The van der Waals surface area contributed by atoms with E-state index in [9.17, 15) is 18.4 Å². The lowest BCUT2D eigenvalue weighted by molar-refractivity contribution is -0.143. The van der Waals surface area contributed by atoms with E-state index >= 15 is 0 Å². The van der Waals surface area contributed by atoms with Gasteiger partial charge in [-0.3, -0.25) is 14.5 Å².